The predicted molar refractivity (Wildman–Crippen MR) is 68.2 cm³/mol. The second-order valence-corrected chi connectivity index (χ2v) is 4.20. The van der Waals surface area contributed by atoms with Gasteiger partial charge in [0, 0.05) is 12.2 Å². The first-order valence-electron chi connectivity index (χ1n) is 5.77. The van der Waals surface area contributed by atoms with Crippen LogP contribution in [0.15, 0.2) is 36.7 Å². The number of benzene rings is 1. The topological polar surface area (TPSA) is 55.0 Å². The number of nitrogens with zero attached hydrogens (tertiary/aromatic N) is 3. The fourth-order valence-corrected chi connectivity index (χ4v) is 2.21. The number of nitrogens with two attached hydrogens (primary N) is 1. The molecular weight excluding hydrogens is 212 g/mol. The van der Waals surface area contributed by atoms with Crippen LogP contribution in [-0.4, -0.2) is 16.5 Å². The van der Waals surface area contributed by atoms with Crippen molar-refractivity contribution in [3.05, 3.63) is 42.2 Å². The van der Waals surface area contributed by atoms with Gasteiger partial charge in [0.25, 0.3) is 0 Å². The Hall–Kier alpha value is -2.10. The average Bonchev–Trinajstić information content (AvgIpc) is 2.39. The molecule has 1 aliphatic rings. The molecule has 1 aromatic carbocycles. The van der Waals surface area contributed by atoms with Crippen LogP contribution in [0.4, 0.5) is 17.3 Å². The van der Waals surface area contributed by atoms with Crippen molar-refractivity contribution in [1.29, 1.82) is 0 Å². The number of aryl methyl sites for hydroxylation is 1. The molecule has 1 aliphatic heterocycles. The van der Waals surface area contributed by atoms with Gasteiger partial charge in [-0.2, -0.15) is 0 Å². The van der Waals surface area contributed by atoms with Crippen LogP contribution in [0.3, 0.4) is 0 Å². The minimum Gasteiger partial charge on any atom is -0.396 e. The Morgan fingerprint density at radius 2 is 1.88 bits per heavy atom. The molecule has 2 N–H and O–H groups in total. The summed E-state index contributed by atoms with van der Waals surface area (Å²) in [5.74, 6) is 0.728. The Labute approximate surface area is 100 Å². The zero-order valence-corrected chi connectivity index (χ0v) is 9.50. The molecule has 3 rings (SSSR count). The summed E-state index contributed by atoms with van der Waals surface area (Å²) in [4.78, 5) is 10.7. The largest absolute Gasteiger partial charge is 0.396 e. The molecule has 86 valence electrons. The van der Waals surface area contributed by atoms with Crippen LogP contribution >= 0.6 is 0 Å². The monoisotopic (exact) mass is 226 g/mol. The standard InChI is InChI=1S/C13H14N4/c14-11-8-15-13(16-9-11)17-7-3-5-10-4-1-2-6-12(10)17/h1-2,4,6,8-9H,3,5,7,14H2. The Balaban J connectivity index is 2.03. The van der Waals surface area contributed by atoms with E-state index in [1.54, 1.807) is 12.4 Å². The molecule has 4 nitrogen and oxygen atoms in total. The normalized spacial score (nSPS) is 14.5. The molecule has 0 spiro atoms. The van der Waals surface area contributed by atoms with Gasteiger partial charge in [-0.15, -0.1) is 0 Å². The van der Waals surface area contributed by atoms with Crippen molar-refractivity contribution in [3.63, 3.8) is 0 Å². The lowest BCUT2D eigenvalue weighted by atomic mass is 10.0. The molecule has 17 heavy (non-hydrogen) atoms. The van der Waals surface area contributed by atoms with Gasteiger partial charge in [0.2, 0.25) is 5.95 Å². The molecule has 0 radical (unpaired) electrons. The Morgan fingerprint density at radius 1 is 1.12 bits per heavy atom. The summed E-state index contributed by atoms with van der Waals surface area (Å²) in [6, 6.07) is 8.41. The number of para-hydroxylation sites is 1. The highest BCUT2D eigenvalue weighted by molar-refractivity contribution is 5.63. The lowest BCUT2D eigenvalue weighted by molar-refractivity contribution is 0.750. The summed E-state index contributed by atoms with van der Waals surface area (Å²) >= 11 is 0. The molecule has 0 saturated heterocycles. The van der Waals surface area contributed by atoms with Crippen molar-refractivity contribution in [2.45, 2.75) is 12.8 Å². The van der Waals surface area contributed by atoms with Crippen LogP contribution in [0.1, 0.15) is 12.0 Å². The van der Waals surface area contributed by atoms with E-state index in [1.807, 2.05) is 0 Å². The lowest BCUT2D eigenvalue weighted by Crippen LogP contribution is -2.26. The van der Waals surface area contributed by atoms with Gasteiger partial charge >= 0.3 is 0 Å². The van der Waals surface area contributed by atoms with Crippen molar-refractivity contribution in [2.75, 3.05) is 17.2 Å². The molecule has 1 aromatic heterocycles. The van der Waals surface area contributed by atoms with Crippen LogP contribution in [0.2, 0.25) is 0 Å². The number of anilines is 3. The van der Waals surface area contributed by atoms with E-state index in [2.05, 4.69) is 39.1 Å². The summed E-state index contributed by atoms with van der Waals surface area (Å²) < 4.78 is 0. The van der Waals surface area contributed by atoms with E-state index in [1.165, 1.54) is 11.3 Å². The fourth-order valence-electron chi connectivity index (χ4n) is 2.21. The van der Waals surface area contributed by atoms with E-state index in [9.17, 15) is 0 Å². The smallest absolute Gasteiger partial charge is 0.229 e. The molecule has 0 aliphatic carbocycles. The molecule has 0 saturated carbocycles. The minimum absolute atomic E-state index is 0.596. The van der Waals surface area contributed by atoms with Gasteiger partial charge in [0.15, 0.2) is 0 Å². The van der Waals surface area contributed by atoms with Crippen LogP contribution in [0.25, 0.3) is 0 Å². The van der Waals surface area contributed by atoms with E-state index in [0.717, 1.165) is 25.3 Å². The molecule has 0 atom stereocenters. The van der Waals surface area contributed by atoms with Gasteiger partial charge in [-0.1, -0.05) is 18.2 Å². The average molecular weight is 226 g/mol. The zero-order valence-electron chi connectivity index (χ0n) is 9.50. The quantitative estimate of drug-likeness (QED) is 0.809. The van der Waals surface area contributed by atoms with E-state index in [0.29, 0.717) is 5.69 Å². The molecule has 2 aromatic rings. The molecule has 0 amide bonds. The predicted octanol–water partition coefficient (Wildman–Crippen LogP) is 2.14. The van der Waals surface area contributed by atoms with Gasteiger partial charge in [-0.05, 0) is 24.5 Å². The molecular formula is C13H14N4. The van der Waals surface area contributed by atoms with Gasteiger partial charge in [0.1, 0.15) is 0 Å². The minimum atomic E-state index is 0.596. The first kappa shape index (κ1) is 10.1. The van der Waals surface area contributed by atoms with Crippen LogP contribution in [0.5, 0.6) is 0 Å². The molecule has 0 unspecified atom stereocenters. The maximum Gasteiger partial charge on any atom is 0.229 e. The first-order valence-corrected chi connectivity index (χ1v) is 5.77. The summed E-state index contributed by atoms with van der Waals surface area (Å²) in [6.45, 7) is 0.959. The molecule has 4 heteroatoms. The Bertz CT molecular complexity index is 521. The van der Waals surface area contributed by atoms with Crippen LogP contribution < -0.4 is 10.6 Å². The van der Waals surface area contributed by atoms with E-state index in [-0.39, 0.29) is 0 Å². The number of nitrogen functional groups attached to an aromatic ring is 1. The molecule has 0 fully saturated rings. The fraction of sp³-hybridized carbons (Fsp3) is 0.231. The van der Waals surface area contributed by atoms with Crippen LogP contribution in [0, 0.1) is 0 Å². The van der Waals surface area contributed by atoms with Gasteiger partial charge < -0.3 is 10.6 Å². The van der Waals surface area contributed by atoms with Gasteiger partial charge in [-0.3, -0.25) is 0 Å². The highest BCUT2D eigenvalue weighted by Crippen LogP contribution is 2.30. The Kier molecular flexibility index (Phi) is 2.40. The van der Waals surface area contributed by atoms with Crippen molar-refractivity contribution in [3.8, 4) is 0 Å². The first-order chi connectivity index (χ1) is 8.34. The number of hydrogen-bond acceptors (Lipinski definition) is 4. The van der Waals surface area contributed by atoms with Gasteiger partial charge in [-0.25, -0.2) is 9.97 Å². The number of rotatable bonds is 1. The third-order valence-electron chi connectivity index (χ3n) is 3.01. The summed E-state index contributed by atoms with van der Waals surface area (Å²) in [7, 11) is 0. The highest BCUT2D eigenvalue weighted by Gasteiger charge is 2.19. The molecule has 2 heterocycles. The van der Waals surface area contributed by atoms with Crippen molar-refractivity contribution < 1.29 is 0 Å². The number of fused-ring (bicyclic) bond motifs is 1. The van der Waals surface area contributed by atoms with Gasteiger partial charge in [0.05, 0.1) is 18.1 Å². The number of hydrogen-bond donors (Lipinski definition) is 1. The SMILES string of the molecule is Nc1cnc(N2CCCc3ccccc32)nc1. The zero-order chi connectivity index (χ0) is 11.7. The second kappa shape index (κ2) is 4.05. The summed E-state index contributed by atoms with van der Waals surface area (Å²) in [5, 5.41) is 0. The number of aromatic nitrogens is 2. The summed E-state index contributed by atoms with van der Waals surface area (Å²) in [6.07, 6.45) is 5.56. The summed E-state index contributed by atoms with van der Waals surface area (Å²) in [5.41, 5.74) is 8.78. The maximum atomic E-state index is 5.61. The maximum absolute atomic E-state index is 5.61. The molecule has 0 bridgehead atoms. The van der Waals surface area contributed by atoms with Crippen molar-refractivity contribution >= 4 is 17.3 Å². The van der Waals surface area contributed by atoms with Crippen molar-refractivity contribution in [1.82, 2.24) is 9.97 Å². The van der Waals surface area contributed by atoms with E-state index >= 15 is 0 Å². The van der Waals surface area contributed by atoms with E-state index in [4.69, 9.17) is 5.73 Å². The second-order valence-electron chi connectivity index (χ2n) is 4.20. The van der Waals surface area contributed by atoms with E-state index < -0.39 is 0 Å². The lowest BCUT2D eigenvalue weighted by Gasteiger charge is -2.29. The van der Waals surface area contributed by atoms with Crippen molar-refractivity contribution in [2.24, 2.45) is 0 Å². The Morgan fingerprint density at radius 3 is 2.71 bits per heavy atom. The highest BCUT2D eigenvalue weighted by atomic mass is 15.3. The van der Waals surface area contributed by atoms with Crippen LogP contribution in [-0.2, 0) is 6.42 Å². The third kappa shape index (κ3) is 1.82. The third-order valence-corrected chi connectivity index (χ3v) is 3.01.